The summed E-state index contributed by atoms with van der Waals surface area (Å²) in [5.41, 5.74) is 2.20. The van der Waals surface area contributed by atoms with Gasteiger partial charge in [-0.25, -0.2) is 0 Å². The molecule has 0 radical (unpaired) electrons. The van der Waals surface area contributed by atoms with Gasteiger partial charge in [-0.3, -0.25) is 9.88 Å². The van der Waals surface area contributed by atoms with Gasteiger partial charge < -0.3 is 10.6 Å². The molecule has 112 valence electrons. The summed E-state index contributed by atoms with van der Waals surface area (Å²) in [6, 6.07) is 4.92. The van der Waals surface area contributed by atoms with E-state index in [1.807, 2.05) is 6.20 Å². The van der Waals surface area contributed by atoms with E-state index in [0.717, 1.165) is 17.9 Å². The van der Waals surface area contributed by atoms with Crippen LogP contribution in [0, 0.1) is 0 Å². The first kappa shape index (κ1) is 15.3. The third-order valence-electron chi connectivity index (χ3n) is 4.15. The predicted molar refractivity (Wildman–Crippen MR) is 84.7 cm³/mol. The number of nitrogens with one attached hydrogen (secondary N) is 2. The highest BCUT2D eigenvalue weighted by molar-refractivity contribution is 5.41. The molecule has 0 amide bonds. The fourth-order valence-electron chi connectivity index (χ4n) is 2.54. The summed E-state index contributed by atoms with van der Waals surface area (Å²) in [6.45, 7) is 3.02. The molecule has 4 heteroatoms. The van der Waals surface area contributed by atoms with Crippen molar-refractivity contribution in [1.82, 2.24) is 15.2 Å². The molecule has 1 fully saturated rings. The first-order valence-electron chi connectivity index (χ1n) is 7.76. The van der Waals surface area contributed by atoms with E-state index in [2.05, 4.69) is 53.7 Å². The van der Waals surface area contributed by atoms with Crippen molar-refractivity contribution in [1.29, 1.82) is 0 Å². The highest BCUT2D eigenvalue weighted by atomic mass is 15.2. The highest BCUT2D eigenvalue weighted by Gasteiger charge is 2.12. The van der Waals surface area contributed by atoms with Crippen LogP contribution in [0.3, 0.4) is 0 Å². The second-order valence-electron chi connectivity index (χ2n) is 6.04. The van der Waals surface area contributed by atoms with Crippen molar-refractivity contribution in [3.05, 3.63) is 24.0 Å². The average molecular weight is 276 g/mol. The maximum Gasteiger partial charge on any atom is 0.0759 e. The molecule has 2 N–H and O–H groups in total. The lowest BCUT2D eigenvalue weighted by molar-refractivity contribution is 0.343. The maximum absolute atomic E-state index is 4.53. The third-order valence-corrected chi connectivity index (χ3v) is 4.15. The van der Waals surface area contributed by atoms with Gasteiger partial charge in [0.1, 0.15) is 0 Å². The summed E-state index contributed by atoms with van der Waals surface area (Å²) >= 11 is 0. The van der Waals surface area contributed by atoms with Crippen LogP contribution < -0.4 is 10.6 Å². The minimum absolute atomic E-state index is 0.308. The van der Waals surface area contributed by atoms with Crippen molar-refractivity contribution in [2.75, 3.05) is 19.4 Å². The molecule has 0 aliphatic heterocycles. The van der Waals surface area contributed by atoms with Gasteiger partial charge in [0.05, 0.1) is 23.7 Å². The van der Waals surface area contributed by atoms with Crippen LogP contribution in [-0.4, -0.2) is 36.2 Å². The molecule has 0 spiro atoms. The summed E-state index contributed by atoms with van der Waals surface area (Å²) in [4.78, 5) is 6.67. The summed E-state index contributed by atoms with van der Waals surface area (Å²) in [7, 11) is 4.13. The fraction of sp³-hybridized carbons (Fsp3) is 0.688. The van der Waals surface area contributed by atoms with E-state index in [1.165, 1.54) is 32.1 Å². The Bertz CT molecular complexity index is 382. The van der Waals surface area contributed by atoms with E-state index in [4.69, 9.17) is 0 Å². The van der Waals surface area contributed by atoms with Crippen LogP contribution in [0.25, 0.3) is 0 Å². The van der Waals surface area contributed by atoms with Crippen molar-refractivity contribution in [3.63, 3.8) is 0 Å². The van der Waals surface area contributed by atoms with Crippen molar-refractivity contribution in [3.8, 4) is 0 Å². The van der Waals surface area contributed by atoms with Gasteiger partial charge in [0.2, 0.25) is 0 Å². The molecule has 1 aliphatic carbocycles. The molecule has 0 bridgehead atoms. The first-order chi connectivity index (χ1) is 9.65. The average Bonchev–Trinajstić information content (AvgIpc) is 2.47. The van der Waals surface area contributed by atoms with E-state index in [9.17, 15) is 0 Å². The zero-order chi connectivity index (χ0) is 14.4. The number of aromatic nitrogens is 1. The monoisotopic (exact) mass is 276 g/mol. The highest BCUT2D eigenvalue weighted by Crippen LogP contribution is 2.17. The Labute approximate surface area is 123 Å². The number of rotatable bonds is 6. The smallest absolute Gasteiger partial charge is 0.0759 e. The van der Waals surface area contributed by atoms with Gasteiger partial charge in [0, 0.05) is 12.6 Å². The Morgan fingerprint density at radius 2 is 2.00 bits per heavy atom. The molecule has 1 aromatic rings. The van der Waals surface area contributed by atoms with Crippen LogP contribution in [0.2, 0.25) is 0 Å². The van der Waals surface area contributed by atoms with Gasteiger partial charge in [-0.05, 0) is 46.0 Å². The lowest BCUT2D eigenvalue weighted by atomic mass is 9.95. The topological polar surface area (TPSA) is 40.2 Å². The molecular formula is C16H28N4. The van der Waals surface area contributed by atoms with Crippen molar-refractivity contribution in [2.45, 2.75) is 57.8 Å². The van der Waals surface area contributed by atoms with E-state index < -0.39 is 0 Å². The lowest BCUT2D eigenvalue weighted by Gasteiger charge is -2.23. The van der Waals surface area contributed by atoms with Crippen LogP contribution in [-0.2, 0) is 6.54 Å². The number of hydrogen-bond acceptors (Lipinski definition) is 4. The number of hydrogen-bond donors (Lipinski definition) is 2. The third kappa shape index (κ3) is 4.76. The van der Waals surface area contributed by atoms with Gasteiger partial charge in [-0.15, -0.1) is 0 Å². The molecule has 0 saturated heterocycles. The van der Waals surface area contributed by atoms with Crippen LogP contribution >= 0.6 is 0 Å². The van der Waals surface area contributed by atoms with Gasteiger partial charge >= 0.3 is 0 Å². The Hall–Kier alpha value is -1.13. The van der Waals surface area contributed by atoms with Gasteiger partial charge in [-0.1, -0.05) is 19.3 Å². The van der Waals surface area contributed by atoms with E-state index in [1.54, 1.807) is 0 Å². The summed E-state index contributed by atoms with van der Waals surface area (Å²) < 4.78 is 0. The molecule has 4 nitrogen and oxygen atoms in total. The summed E-state index contributed by atoms with van der Waals surface area (Å²) in [5, 5.41) is 7.04. The van der Waals surface area contributed by atoms with Crippen LogP contribution in [0.4, 0.5) is 5.69 Å². The molecule has 1 saturated carbocycles. The number of pyridine rings is 1. The van der Waals surface area contributed by atoms with Crippen molar-refractivity contribution in [2.24, 2.45) is 0 Å². The largest absolute Gasteiger partial charge is 0.369 e. The summed E-state index contributed by atoms with van der Waals surface area (Å²) in [6.07, 6.45) is 9.02. The SMILES string of the molecule is CC(Nc1ccc(CNC2CCCCC2)nc1)N(C)C. The Kier molecular flexibility index (Phi) is 5.80. The molecule has 1 heterocycles. The van der Waals surface area contributed by atoms with Crippen molar-refractivity contribution >= 4 is 5.69 Å². The molecule has 1 unspecified atom stereocenters. The second kappa shape index (κ2) is 7.60. The summed E-state index contributed by atoms with van der Waals surface area (Å²) in [5.74, 6) is 0. The Morgan fingerprint density at radius 3 is 2.60 bits per heavy atom. The van der Waals surface area contributed by atoms with Crippen LogP contribution in [0.1, 0.15) is 44.7 Å². The minimum Gasteiger partial charge on any atom is -0.369 e. The molecule has 1 atom stereocenters. The van der Waals surface area contributed by atoms with Gasteiger partial charge in [0.15, 0.2) is 0 Å². The minimum atomic E-state index is 0.308. The number of nitrogens with zero attached hydrogens (tertiary/aromatic N) is 2. The predicted octanol–water partition coefficient (Wildman–Crippen LogP) is 2.82. The van der Waals surface area contributed by atoms with Gasteiger partial charge in [-0.2, -0.15) is 0 Å². The zero-order valence-corrected chi connectivity index (χ0v) is 13.0. The molecule has 2 rings (SSSR count). The molecule has 1 aromatic heterocycles. The fourth-order valence-corrected chi connectivity index (χ4v) is 2.54. The Morgan fingerprint density at radius 1 is 1.25 bits per heavy atom. The first-order valence-corrected chi connectivity index (χ1v) is 7.76. The van der Waals surface area contributed by atoms with Crippen LogP contribution in [0.5, 0.6) is 0 Å². The van der Waals surface area contributed by atoms with Gasteiger partial charge in [0.25, 0.3) is 0 Å². The molecule has 0 aromatic carbocycles. The van der Waals surface area contributed by atoms with E-state index in [-0.39, 0.29) is 0 Å². The van der Waals surface area contributed by atoms with E-state index in [0.29, 0.717) is 12.2 Å². The lowest BCUT2D eigenvalue weighted by Crippen LogP contribution is -2.32. The molecular weight excluding hydrogens is 248 g/mol. The number of anilines is 1. The molecule has 1 aliphatic rings. The molecule has 20 heavy (non-hydrogen) atoms. The quantitative estimate of drug-likeness (QED) is 0.784. The second-order valence-corrected chi connectivity index (χ2v) is 6.04. The van der Waals surface area contributed by atoms with Crippen molar-refractivity contribution < 1.29 is 0 Å². The normalized spacial score (nSPS) is 18.2. The standard InChI is InChI=1S/C16H28N4/c1-13(20(2)3)19-16-10-9-15(18-12-16)11-17-14-7-5-4-6-8-14/h9-10,12-14,17,19H,4-8,11H2,1-3H3. The Balaban J connectivity index is 1.78. The maximum atomic E-state index is 4.53. The zero-order valence-electron chi connectivity index (χ0n) is 13.0. The van der Waals surface area contributed by atoms with E-state index >= 15 is 0 Å². The van der Waals surface area contributed by atoms with Crippen LogP contribution in [0.15, 0.2) is 18.3 Å².